The molecule has 1 aliphatic rings. The lowest BCUT2D eigenvalue weighted by Gasteiger charge is -2.14. The van der Waals surface area contributed by atoms with Crippen LogP contribution in [0.5, 0.6) is 11.5 Å². The van der Waals surface area contributed by atoms with Crippen LogP contribution in [0.15, 0.2) is 82.7 Å². The second kappa shape index (κ2) is 11.2. The van der Waals surface area contributed by atoms with Gasteiger partial charge in [-0.2, -0.15) is 4.99 Å². The maximum absolute atomic E-state index is 13.5. The van der Waals surface area contributed by atoms with E-state index in [1.807, 2.05) is 85.8 Å². The van der Waals surface area contributed by atoms with E-state index in [1.54, 1.807) is 12.0 Å². The predicted molar refractivity (Wildman–Crippen MR) is 150 cm³/mol. The Hall–Kier alpha value is -3.66. The molecule has 1 amide bonds. The average Bonchev–Trinajstić information content (AvgIpc) is 3.46. The van der Waals surface area contributed by atoms with Gasteiger partial charge in [-0.3, -0.25) is 9.69 Å². The summed E-state index contributed by atoms with van der Waals surface area (Å²) in [6, 6.07) is 22.5. The molecule has 10 heteroatoms. The summed E-state index contributed by atoms with van der Waals surface area (Å²) < 4.78 is 11.5. The molecule has 1 saturated heterocycles. The third-order valence-electron chi connectivity index (χ3n) is 5.32. The quantitative estimate of drug-likeness (QED) is 0.234. The van der Waals surface area contributed by atoms with Gasteiger partial charge in [0.25, 0.3) is 5.91 Å². The predicted octanol–water partition coefficient (Wildman–Crippen LogP) is 6.90. The third-order valence-corrected chi connectivity index (χ3v) is 7.27. The van der Waals surface area contributed by atoms with Crippen molar-refractivity contribution in [2.75, 3.05) is 12.0 Å². The molecule has 0 saturated carbocycles. The van der Waals surface area contributed by atoms with Gasteiger partial charge in [-0.25, -0.2) is 0 Å². The van der Waals surface area contributed by atoms with Crippen LogP contribution in [0.3, 0.4) is 0 Å². The van der Waals surface area contributed by atoms with E-state index in [4.69, 9.17) is 21.1 Å². The third kappa shape index (κ3) is 5.85. The van der Waals surface area contributed by atoms with Gasteiger partial charge in [0, 0.05) is 5.02 Å². The number of ether oxygens (including phenoxy) is 2. The first-order valence-electron chi connectivity index (χ1n) is 11.2. The minimum absolute atomic E-state index is 0.168. The van der Waals surface area contributed by atoms with Crippen LogP contribution >= 0.6 is 34.7 Å². The molecule has 37 heavy (non-hydrogen) atoms. The number of anilines is 1. The molecule has 7 nitrogen and oxygen atoms in total. The molecular weight excluding hydrogens is 528 g/mol. The van der Waals surface area contributed by atoms with Gasteiger partial charge in [-0.15, -0.1) is 10.2 Å². The summed E-state index contributed by atoms with van der Waals surface area (Å²) in [5.74, 6) is 1.000. The first-order valence-corrected chi connectivity index (χ1v) is 13.2. The molecule has 0 aliphatic carbocycles. The molecule has 4 aromatic rings. The lowest BCUT2D eigenvalue weighted by atomic mass is 10.1. The Morgan fingerprint density at radius 2 is 1.81 bits per heavy atom. The standard InChI is InChI=1S/C27H21ClN4O3S2/c1-17-30-31-26(36-17)29-27-32(21-6-4-3-5-7-21)25(33)24(37-27)15-19-10-13-22(23(14-19)34-2)35-16-18-8-11-20(28)12-9-18/h3-15H,16H2,1-2H3/b24-15-,29-27+. The van der Waals surface area contributed by atoms with Gasteiger partial charge >= 0.3 is 0 Å². The van der Waals surface area contributed by atoms with Gasteiger partial charge in [0.2, 0.25) is 5.13 Å². The number of benzene rings is 3. The number of hydrogen-bond acceptors (Lipinski definition) is 8. The number of amides is 1. The van der Waals surface area contributed by atoms with Gasteiger partial charge in [0.15, 0.2) is 16.7 Å². The van der Waals surface area contributed by atoms with Crippen molar-refractivity contribution in [1.29, 1.82) is 0 Å². The lowest BCUT2D eigenvalue weighted by molar-refractivity contribution is -0.113. The largest absolute Gasteiger partial charge is 0.493 e. The van der Waals surface area contributed by atoms with E-state index < -0.39 is 0 Å². The van der Waals surface area contributed by atoms with Crippen LogP contribution in [0.1, 0.15) is 16.1 Å². The molecular formula is C27H21ClN4O3S2. The van der Waals surface area contributed by atoms with Gasteiger partial charge in [0.05, 0.1) is 17.7 Å². The number of carbonyl (C=O) groups excluding carboxylic acids is 1. The summed E-state index contributed by atoms with van der Waals surface area (Å²) in [6.45, 7) is 2.24. The number of hydrogen-bond donors (Lipinski definition) is 0. The van der Waals surface area contributed by atoms with Gasteiger partial charge in [0.1, 0.15) is 11.6 Å². The Kier molecular flexibility index (Phi) is 7.55. The maximum Gasteiger partial charge on any atom is 0.271 e. The van der Waals surface area contributed by atoms with Crippen molar-refractivity contribution in [3.8, 4) is 11.5 Å². The number of rotatable bonds is 7. The Morgan fingerprint density at radius 1 is 1.03 bits per heavy atom. The highest BCUT2D eigenvalue weighted by atomic mass is 35.5. The van der Waals surface area contributed by atoms with E-state index >= 15 is 0 Å². The fraction of sp³-hybridized carbons (Fsp3) is 0.111. The topological polar surface area (TPSA) is 76.9 Å². The molecule has 1 aromatic heterocycles. The molecule has 3 aromatic carbocycles. The molecule has 0 unspecified atom stereocenters. The van der Waals surface area contributed by atoms with Gasteiger partial charge < -0.3 is 9.47 Å². The average molecular weight is 549 g/mol. The van der Waals surface area contributed by atoms with Gasteiger partial charge in [-0.05, 0) is 72.3 Å². The summed E-state index contributed by atoms with van der Waals surface area (Å²) in [6.07, 6.45) is 1.82. The van der Waals surface area contributed by atoms with E-state index in [2.05, 4.69) is 15.2 Å². The number of halogens is 1. The zero-order valence-electron chi connectivity index (χ0n) is 19.9. The Morgan fingerprint density at radius 3 is 2.51 bits per heavy atom. The van der Waals surface area contributed by atoms with Gasteiger partial charge in [-0.1, -0.05) is 59.3 Å². The minimum Gasteiger partial charge on any atom is -0.493 e. The second-order valence-corrected chi connectivity index (χ2v) is 10.5. The maximum atomic E-state index is 13.5. The van der Waals surface area contributed by atoms with Crippen LogP contribution < -0.4 is 14.4 Å². The molecule has 1 aliphatic heterocycles. The molecule has 5 rings (SSSR count). The number of para-hydroxylation sites is 1. The van der Waals surface area contributed by atoms with E-state index in [0.29, 0.717) is 38.3 Å². The van der Waals surface area contributed by atoms with Crippen LogP contribution in [-0.4, -0.2) is 28.4 Å². The van der Waals surface area contributed by atoms with Crippen molar-refractivity contribution in [2.45, 2.75) is 13.5 Å². The van der Waals surface area contributed by atoms with Crippen LogP contribution in [0, 0.1) is 6.92 Å². The number of aliphatic imine (C=N–C) groups is 1. The van der Waals surface area contributed by atoms with E-state index in [0.717, 1.165) is 21.8 Å². The number of thioether (sulfide) groups is 1. The summed E-state index contributed by atoms with van der Waals surface area (Å²) >= 11 is 8.62. The van der Waals surface area contributed by atoms with Crippen molar-refractivity contribution in [1.82, 2.24) is 10.2 Å². The normalized spacial score (nSPS) is 15.5. The van der Waals surface area contributed by atoms with Crippen molar-refractivity contribution in [3.63, 3.8) is 0 Å². The minimum atomic E-state index is -0.168. The first kappa shape index (κ1) is 25.0. The Balaban J connectivity index is 1.42. The highest BCUT2D eigenvalue weighted by Crippen LogP contribution is 2.38. The van der Waals surface area contributed by atoms with E-state index in [9.17, 15) is 4.79 Å². The molecule has 2 heterocycles. The van der Waals surface area contributed by atoms with E-state index in [1.165, 1.54) is 23.1 Å². The second-order valence-electron chi connectivity index (χ2n) is 7.91. The zero-order valence-corrected chi connectivity index (χ0v) is 22.3. The molecule has 0 spiro atoms. The summed E-state index contributed by atoms with van der Waals surface area (Å²) in [4.78, 5) is 20.2. The van der Waals surface area contributed by atoms with Crippen LogP contribution in [-0.2, 0) is 11.4 Å². The summed E-state index contributed by atoms with van der Waals surface area (Å²) in [5, 5.41) is 10.6. The van der Waals surface area contributed by atoms with Crippen molar-refractivity contribution < 1.29 is 14.3 Å². The Bertz CT molecular complexity index is 1490. The van der Waals surface area contributed by atoms with Crippen LogP contribution in [0.4, 0.5) is 10.8 Å². The lowest BCUT2D eigenvalue weighted by Crippen LogP contribution is -2.28. The molecule has 0 radical (unpaired) electrons. The first-order chi connectivity index (χ1) is 18.0. The van der Waals surface area contributed by atoms with Crippen molar-refractivity contribution >= 4 is 62.7 Å². The van der Waals surface area contributed by atoms with Crippen molar-refractivity contribution in [3.05, 3.63) is 98.9 Å². The molecule has 0 N–H and O–H groups in total. The monoisotopic (exact) mass is 548 g/mol. The van der Waals surface area contributed by atoms with Crippen LogP contribution in [0.2, 0.25) is 5.02 Å². The molecule has 186 valence electrons. The number of nitrogens with zero attached hydrogens (tertiary/aromatic N) is 4. The fourth-order valence-electron chi connectivity index (χ4n) is 3.55. The molecule has 0 bridgehead atoms. The molecule has 0 atom stereocenters. The van der Waals surface area contributed by atoms with Crippen molar-refractivity contribution in [2.24, 2.45) is 4.99 Å². The summed E-state index contributed by atoms with van der Waals surface area (Å²) in [5.41, 5.74) is 2.52. The highest BCUT2D eigenvalue weighted by Gasteiger charge is 2.35. The fourth-order valence-corrected chi connectivity index (χ4v) is 5.28. The number of amidine groups is 1. The smallest absolute Gasteiger partial charge is 0.271 e. The SMILES string of the molecule is COc1cc(/C=C2\S/C(=N/c3nnc(C)s3)N(c3ccccc3)C2=O)ccc1OCc1ccc(Cl)cc1. The number of carbonyl (C=O) groups is 1. The zero-order chi connectivity index (χ0) is 25.8. The summed E-state index contributed by atoms with van der Waals surface area (Å²) in [7, 11) is 1.59. The van der Waals surface area contributed by atoms with Crippen LogP contribution in [0.25, 0.3) is 6.08 Å². The molecule has 1 fully saturated rings. The number of aromatic nitrogens is 2. The number of aryl methyl sites for hydroxylation is 1. The van der Waals surface area contributed by atoms with E-state index in [-0.39, 0.29) is 5.91 Å². The highest BCUT2D eigenvalue weighted by molar-refractivity contribution is 8.19. The number of methoxy groups -OCH3 is 1. The Labute approximate surface area is 227 Å².